The number of rotatable bonds is 4. The molecule has 0 saturated heterocycles. The van der Waals surface area contributed by atoms with E-state index < -0.39 is 11.7 Å². The van der Waals surface area contributed by atoms with Crippen LogP contribution in [0.4, 0.5) is 19.0 Å². The van der Waals surface area contributed by atoms with Gasteiger partial charge in [-0.25, -0.2) is 4.98 Å². The molecule has 0 spiro atoms. The molecule has 0 fully saturated rings. The third-order valence-corrected chi connectivity index (χ3v) is 2.88. The van der Waals surface area contributed by atoms with Crippen molar-refractivity contribution in [2.75, 3.05) is 5.32 Å². The van der Waals surface area contributed by atoms with E-state index in [0.29, 0.717) is 23.6 Å². The number of aromatic amines is 1. The van der Waals surface area contributed by atoms with Gasteiger partial charge in [-0.15, -0.1) is 0 Å². The normalized spacial score (nSPS) is 11.4. The summed E-state index contributed by atoms with van der Waals surface area (Å²) in [5, 5.41) is 2.92. The van der Waals surface area contributed by atoms with Gasteiger partial charge in [-0.2, -0.15) is 13.2 Å². The van der Waals surface area contributed by atoms with E-state index in [9.17, 15) is 18.0 Å². The van der Waals surface area contributed by atoms with E-state index in [2.05, 4.69) is 15.3 Å². The number of halogens is 3. The minimum Gasteiger partial charge on any atom is -0.366 e. The maximum atomic E-state index is 12.4. The summed E-state index contributed by atoms with van der Waals surface area (Å²) in [6, 6.07) is 6.15. The van der Waals surface area contributed by atoms with Crippen LogP contribution in [-0.2, 0) is 19.1 Å². The number of H-pyrrole nitrogens is 1. The first-order valence-electron chi connectivity index (χ1n) is 6.38. The number of aryl methyl sites for hydroxylation is 1. The molecule has 4 nitrogen and oxygen atoms in total. The quantitative estimate of drug-likeness (QED) is 0.912. The maximum Gasteiger partial charge on any atom is 0.416 e. The number of anilines is 1. The first kappa shape index (κ1) is 15.1. The van der Waals surface area contributed by atoms with Crippen molar-refractivity contribution in [1.29, 1.82) is 0 Å². The van der Waals surface area contributed by atoms with Crippen LogP contribution in [0.15, 0.2) is 35.1 Å². The van der Waals surface area contributed by atoms with Gasteiger partial charge >= 0.3 is 6.18 Å². The third kappa shape index (κ3) is 4.08. The Kier molecular flexibility index (Phi) is 4.30. The van der Waals surface area contributed by atoms with Crippen LogP contribution in [-0.4, -0.2) is 9.97 Å². The summed E-state index contributed by atoms with van der Waals surface area (Å²) in [6.07, 6.45) is -3.75. The molecule has 2 N–H and O–H groups in total. The van der Waals surface area contributed by atoms with E-state index in [1.165, 1.54) is 18.2 Å². The van der Waals surface area contributed by atoms with Crippen LogP contribution in [0, 0.1) is 0 Å². The molecule has 0 bridgehead atoms. The Hall–Kier alpha value is -2.31. The smallest absolute Gasteiger partial charge is 0.366 e. The number of nitrogens with zero attached hydrogens (tertiary/aromatic N) is 1. The molecule has 1 aromatic heterocycles. The summed E-state index contributed by atoms with van der Waals surface area (Å²) in [4.78, 5) is 18.1. The summed E-state index contributed by atoms with van der Waals surface area (Å²) in [6.45, 7) is 2.15. The highest BCUT2D eigenvalue weighted by Gasteiger charge is 2.29. The predicted molar refractivity (Wildman–Crippen MR) is 73.0 cm³/mol. The molecule has 0 aliphatic rings. The van der Waals surface area contributed by atoms with Gasteiger partial charge in [0.25, 0.3) is 5.56 Å². The Morgan fingerprint density at radius 3 is 2.48 bits per heavy atom. The molecular formula is C14H14F3N3O. The molecule has 21 heavy (non-hydrogen) atoms. The lowest BCUT2D eigenvalue weighted by Gasteiger charge is -2.09. The van der Waals surface area contributed by atoms with Gasteiger partial charge < -0.3 is 10.3 Å². The second-order valence-corrected chi connectivity index (χ2v) is 4.48. The van der Waals surface area contributed by atoms with E-state index in [-0.39, 0.29) is 12.1 Å². The number of alkyl halides is 3. The van der Waals surface area contributed by atoms with Gasteiger partial charge in [-0.1, -0.05) is 19.1 Å². The van der Waals surface area contributed by atoms with Gasteiger partial charge in [-0.05, 0) is 17.7 Å². The Morgan fingerprint density at radius 1 is 1.24 bits per heavy atom. The first-order chi connectivity index (χ1) is 9.88. The van der Waals surface area contributed by atoms with Crippen molar-refractivity contribution < 1.29 is 13.2 Å². The first-order valence-corrected chi connectivity index (χ1v) is 6.38. The van der Waals surface area contributed by atoms with Crippen molar-refractivity contribution in [3.63, 3.8) is 0 Å². The number of nitrogens with one attached hydrogen (secondary N) is 2. The summed E-state index contributed by atoms with van der Waals surface area (Å²) in [5.74, 6) is 0.952. The number of benzene rings is 1. The largest absolute Gasteiger partial charge is 0.416 e. The van der Waals surface area contributed by atoms with Gasteiger partial charge in [0.15, 0.2) is 0 Å². The molecule has 0 saturated carbocycles. The summed E-state index contributed by atoms with van der Waals surface area (Å²) < 4.78 is 37.3. The van der Waals surface area contributed by atoms with Crippen molar-refractivity contribution in [2.45, 2.75) is 26.1 Å². The van der Waals surface area contributed by atoms with Crippen molar-refractivity contribution in [1.82, 2.24) is 9.97 Å². The van der Waals surface area contributed by atoms with Crippen LogP contribution in [0.1, 0.15) is 23.9 Å². The molecule has 1 heterocycles. The molecule has 0 atom stereocenters. The summed E-state index contributed by atoms with van der Waals surface area (Å²) in [5.41, 5.74) is -0.284. The molecule has 0 aliphatic heterocycles. The van der Waals surface area contributed by atoms with E-state index >= 15 is 0 Å². The molecule has 0 unspecified atom stereocenters. The van der Waals surface area contributed by atoms with Crippen LogP contribution in [0.3, 0.4) is 0 Å². The Bertz CT molecular complexity index is 662. The number of aromatic nitrogens is 2. The SMILES string of the molecule is CCc1nc(NCc2ccc(C(F)(F)F)cc2)cc(=O)[nH]1. The van der Waals surface area contributed by atoms with Gasteiger partial charge in [-0.3, -0.25) is 4.79 Å². The summed E-state index contributed by atoms with van der Waals surface area (Å²) >= 11 is 0. The summed E-state index contributed by atoms with van der Waals surface area (Å²) in [7, 11) is 0. The van der Waals surface area contributed by atoms with Crippen molar-refractivity contribution >= 4 is 5.82 Å². The fourth-order valence-corrected chi connectivity index (χ4v) is 1.77. The zero-order chi connectivity index (χ0) is 15.5. The Morgan fingerprint density at radius 2 is 1.90 bits per heavy atom. The zero-order valence-corrected chi connectivity index (χ0v) is 11.3. The van der Waals surface area contributed by atoms with Gasteiger partial charge in [0, 0.05) is 19.0 Å². The van der Waals surface area contributed by atoms with Crippen molar-refractivity contribution in [3.05, 3.63) is 57.6 Å². The standard InChI is InChI=1S/C14H14F3N3O/c1-2-11-19-12(7-13(21)20-11)18-8-9-3-5-10(6-4-9)14(15,16)17/h3-7H,2,8H2,1H3,(H2,18,19,20,21). The minimum atomic E-state index is -4.34. The van der Waals surface area contributed by atoms with Gasteiger partial charge in [0.05, 0.1) is 5.56 Å². The average Bonchev–Trinajstić information content (AvgIpc) is 2.44. The van der Waals surface area contributed by atoms with Crippen LogP contribution in [0.2, 0.25) is 0 Å². The molecule has 2 aromatic rings. The molecule has 0 aliphatic carbocycles. The van der Waals surface area contributed by atoms with Crippen LogP contribution >= 0.6 is 0 Å². The highest BCUT2D eigenvalue weighted by atomic mass is 19.4. The van der Waals surface area contributed by atoms with E-state index in [1.54, 1.807) is 0 Å². The van der Waals surface area contributed by atoms with E-state index in [4.69, 9.17) is 0 Å². The average molecular weight is 297 g/mol. The minimum absolute atomic E-state index is 0.267. The number of hydrogen-bond acceptors (Lipinski definition) is 3. The fraction of sp³-hybridized carbons (Fsp3) is 0.286. The van der Waals surface area contributed by atoms with Gasteiger partial charge in [0.2, 0.25) is 0 Å². The molecular weight excluding hydrogens is 283 g/mol. The second-order valence-electron chi connectivity index (χ2n) is 4.48. The molecule has 2 rings (SSSR count). The maximum absolute atomic E-state index is 12.4. The molecule has 1 aromatic carbocycles. The lowest BCUT2D eigenvalue weighted by atomic mass is 10.1. The lowest BCUT2D eigenvalue weighted by molar-refractivity contribution is -0.137. The van der Waals surface area contributed by atoms with E-state index in [0.717, 1.165) is 12.1 Å². The fourth-order valence-electron chi connectivity index (χ4n) is 1.77. The predicted octanol–water partition coefficient (Wildman–Crippen LogP) is 2.96. The monoisotopic (exact) mass is 297 g/mol. The van der Waals surface area contributed by atoms with Crippen LogP contribution in [0.5, 0.6) is 0 Å². The Labute approximate surface area is 119 Å². The molecule has 7 heteroatoms. The molecule has 0 amide bonds. The molecule has 0 radical (unpaired) electrons. The van der Waals surface area contributed by atoms with Crippen LogP contribution in [0.25, 0.3) is 0 Å². The van der Waals surface area contributed by atoms with E-state index in [1.807, 2.05) is 6.92 Å². The third-order valence-electron chi connectivity index (χ3n) is 2.88. The second kappa shape index (κ2) is 5.99. The Balaban J connectivity index is 2.06. The molecule has 112 valence electrons. The van der Waals surface area contributed by atoms with Crippen molar-refractivity contribution in [3.8, 4) is 0 Å². The number of hydrogen-bond donors (Lipinski definition) is 2. The highest BCUT2D eigenvalue weighted by Crippen LogP contribution is 2.29. The topological polar surface area (TPSA) is 57.8 Å². The van der Waals surface area contributed by atoms with Gasteiger partial charge in [0.1, 0.15) is 11.6 Å². The lowest BCUT2D eigenvalue weighted by Crippen LogP contribution is -2.13. The van der Waals surface area contributed by atoms with Crippen molar-refractivity contribution in [2.24, 2.45) is 0 Å². The highest BCUT2D eigenvalue weighted by molar-refractivity contribution is 5.35. The van der Waals surface area contributed by atoms with Crippen LogP contribution < -0.4 is 10.9 Å². The zero-order valence-electron chi connectivity index (χ0n) is 11.3.